The topological polar surface area (TPSA) is 44.8 Å². The predicted octanol–water partition coefficient (Wildman–Crippen LogP) is 7.35. The molecule has 1 heterocycles. The third kappa shape index (κ3) is 5.22. The zero-order chi connectivity index (χ0) is 23.4. The van der Waals surface area contributed by atoms with Gasteiger partial charge in [0.25, 0.3) is 0 Å². The van der Waals surface area contributed by atoms with Gasteiger partial charge in [0.05, 0.1) is 12.2 Å². The SMILES string of the molecule is CCC(C)c1ccc(OC(C)(C)c2ccc(C(=O)OC3CCCCO3)c3ccccc23)cc1. The van der Waals surface area contributed by atoms with E-state index in [1.165, 1.54) is 5.56 Å². The highest BCUT2D eigenvalue weighted by atomic mass is 16.7. The van der Waals surface area contributed by atoms with E-state index in [1.807, 2.05) is 48.5 Å². The normalized spacial score (nSPS) is 17.5. The summed E-state index contributed by atoms with van der Waals surface area (Å²) >= 11 is 0. The number of hydrogen-bond acceptors (Lipinski definition) is 4. The molecule has 0 radical (unpaired) electrons. The van der Waals surface area contributed by atoms with E-state index in [9.17, 15) is 4.79 Å². The van der Waals surface area contributed by atoms with Gasteiger partial charge >= 0.3 is 5.97 Å². The molecule has 1 aliphatic rings. The van der Waals surface area contributed by atoms with Crippen molar-refractivity contribution in [1.82, 2.24) is 0 Å². The van der Waals surface area contributed by atoms with E-state index in [0.29, 0.717) is 18.1 Å². The second-order valence-corrected chi connectivity index (χ2v) is 9.40. The Labute approximate surface area is 196 Å². The maximum atomic E-state index is 13.0. The van der Waals surface area contributed by atoms with Crippen molar-refractivity contribution >= 4 is 16.7 Å². The zero-order valence-corrected chi connectivity index (χ0v) is 20.1. The van der Waals surface area contributed by atoms with E-state index in [-0.39, 0.29) is 5.97 Å². The summed E-state index contributed by atoms with van der Waals surface area (Å²) in [5.41, 5.74) is 2.30. The molecule has 4 heteroatoms. The number of hydrogen-bond donors (Lipinski definition) is 0. The quantitative estimate of drug-likeness (QED) is 0.356. The van der Waals surface area contributed by atoms with Gasteiger partial charge in [-0.2, -0.15) is 0 Å². The van der Waals surface area contributed by atoms with Gasteiger partial charge in [0.2, 0.25) is 6.29 Å². The van der Waals surface area contributed by atoms with Crippen molar-refractivity contribution in [3.8, 4) is 5.75 Å². The number of rotatable bonds is 7. The van der Waals surface area contributed by atoms with Crippen LogP contribution in [0.25, 0.3) is 10.8 Å². The van der Waals surface area contributed by atoms with Gasteiger partial charge in [-0.15, -0.1) is 0 Å². The van der Waals surface area contributed by atoms with E-state index in [1.54, 1.807) is 0 Å². The lowest BCUT2D eigenvalue weighted by Gasteiger charge is -2.29. The first kappa shape index (κ1) is 23.3. The first-order valence-corrected chi connectivity index (χ1v) is 12.0. The van der Waals surface area contributed by atoms with Crippen LogP contribution in [0.15, 0.2) is 60.7 Å². The van der Waals surface area contributed by atoms with Crippen molar-refractivity contribution < 1.29 is 19.0 Å². The van der Waals surface area contributed by atoms with Gasteiger partial charge in [-0.1, -0.05) is 56.3 Å². The smallest absolute Gasteiger partial charge is 0.341 e. The Hall–Kier alpha value is -2.85. The molecule has 4 nitrogen and oxygen atoms in total. The molecule has 4 rings (SSSR count). The molecule has 33 heavy (non-hydrogen) atoms. The highest BCUT2D eigenvalue weighted by Crippen LogP contribution is 2.35. The summed E-state index contributed by atoms with van der Waals surface area (Å²) in [6, 6.07) is 20.1. The van der Waals surface area contributed by atoms with Crippen molar-refractivity contribution in [2.24, 2.45) is 0 Å². The number of esters is 1. The van der Waals surface area contributed by atoms with Crippen LogP contribution in [-0.4, -0.2) is 18.9 Å². The summed E-state index contributed by atoms with van der Waals surface area (Å²) in [7, 11) is 0. The molecule has 2 unspecified atom stereocenters. The van der Waals surface area contributed by atoms with Gasteiger partial charge in [0.15, 0.2) is 0 Å². The van der Waals surface area contributed by atoms with Gasteiger partial charge in [-0.3, -0.25) is 0 Å². The molecular weight excluding hydrogens is 412 g/mol. The second kappa shape index (κ2) is 9.96. The van der Waals surface area contributed by atoms with Gasteiger partial charge in [-0.05, 0) is 73.6 Å². The third-order valence-corrected chi connectivity index (χ3v) is 6.60. The highest BCUT2D eigenvalue weighted by Gasteiger charge is 2.28. The van der Waals surface area contributed by atoms with Crippen LogP contribution in [0, 0.1) is 0 Å². The number of carbonyl (C=O) groups is 1. The van der Waals surface area contributed by atoms with E-state index >= 15 is 0 Å². The van der Waals surface area contributed by atoms with E-state index < -0.39 is 11.9 Å². The molecule has 0 bridgehead atoms. The van der Waals surface area contributed by atoms with Gasteiger partial charge < -0.3 is 14.2 Å². The molecule has 2 atom stereocenters. The molecular formula is C29H34O4. The monoisotopic (exact) mass is 446 g/mol. The lowest BCUT2D eigenvalue weighted by atomic mass is 9.90. The number of ether oxygens (including phenoxy) is 3. The minimum atomic E-state index is -0.591. The lowest BCUT2D eigenvalue weighted by molar-refractivity contribution is -0.130. The van der Waals surface area contributed by atoms with Crippen LogP contribution in [0.4, 0.5) is 0 Å². The molecule has 3 aromatic carbocycles. The maximum absolute atomic E-state index is 13.0. The van der Waals surface area contributed by atoms with Crippen LogP contribution in [-0.2, 0) is 15.1 Å². The Morgan fingerprint density at radius 3 is 2.42 bits per heavy atom. The Kier molecular flexibility index (Phi) is 7.04. The van der Waals surface area contributed by atoms with Gasteiger partial charge in [0, 0.05) is 12.0 Å². The lowest BCUT2D eigenvalue weighted by Crippen LogP contribution is -2.27. The van der Waals surface area contributed by atoms with Crippen LogP contribution >= 0.6 is 0 Å². The highest BCUT2D eigenvalue weighted by molar-refractivity contribution is 6.05. The third-order valence-electron chi connectivity index (χ3n) is 6.60. The standard InChI is InChI=1S/C29H34O4/c1-5-20(2)21-13-15-22(16-14-21)33-29(3,4)26-18-17-25(23-10-6-7-11-24(23)26)28(30)32-27-12-8-9-19-31-27/h6-7,10-11,13-18,20,27H,5,8-9,12,19H2,1-4H3. The minimum Gasteiger partial charge on any atom is -0.483 e. The summed E-state index contributed by atoms with van der Waals surface area (Å²) < 4.78 is 17.7. The average molecular weight is 447 g/mol. The largest absolute Gasteiger partial charge is 0.483 e. The summed E-state index contributed by atoms with van der Waals surface area (Å²) in [6.07, 6.45) is 3.43. The summed E-state index contributed by atoms with van der Waals surface area (Å²) in [5, 5.41) is 1.84. The van der Waals surface area contributed by atoms with E-state index in [2.05, 4.69) is 39.8 Å². The van der Waals surface area contributed by atoms with Crippen molar-refractivity contribution in [3.05, 3.63) is 77.4 Å². The molecule has 1 fully saturated rings. The summed E-state index contributed by atoms with van der Waals surface area (Å²) in [6.45, 7) is 9.20. The number of benzene rings is 3. The van der Waals surface area contributed by atoms with Crippen LogP contribution in [0.2, 0.25) is 0 Å². The Bertz CT molecular complexity index is 1090. The Morgan fingerprint density at radius 2 is 1.76 bits per heavy atom. The molecule has 0 aliphatic carbocycles. The summed E-state index contributed by atoms with van der Waals surface area (Å²) in [4.78, 5) is 13.0. The minimum absolute atomic E-state index is 0.344. The van der Waals surface area contributed by atoms with Crippen LogP contribution in [0.5, 0.6) is 5.75 Å². The van der Waals surface area contributed by atoms with Crippen molar-refractivity contribution in [2.75, 3.05) is 6.61 Å². The molecule has 0 amide bonds. The fourth-order valence-corrected chi connectivity index (χ4v) is 4.44. The molecule has 1 saturated heterocycles. The Morgan fingerprint density at radius 1 is 1.03 bits per heavy atom. The van der Waals surface area contributed by atoms with Crippen molar-refractivity contribution in [3.63, 3.8) is 0 Å². The molecule has 3 aromatic rings. The predicted molar refractivity (Wildman–Crippen MR) is 132 cm³/mol. The fourth-order valence-electron chi connectivity index (χ4n) is 4.44. The molecule has 1 aliphatic heterocycles. The van der Waals surface area contributed by atoms with Crippen LogP contribution in [0.1, 0.15) is 80.8 Å². The fraction of sp³-hybridized carbons (Fsp3) is 0.414. The summed E-state index contributed by atoms with van der Waals surface area (Å²) in [5.74, 6) is 1.01. The molecule has 0 aromatic heterocycles. The van der Waals surface area contributed by atoms with Gasteiger partial charge in [0.1, 0.15) is 11.4 Å². The average Bonchev–Trinajstić information content (AvgIpc) is 2.83. The number of carbonyl (C=O) groups excluding carboxylic acids is 1. The Balaban J connectivity index is 1.61. The van der Waals surface area contributed by atoms with Crippen molar-refractivity contribution in [1.29, 1.82) is 0 Å². The van der Waals surface area contributed by atoms with Gasteiger partial charge in [-0.25, -0.2) is 4.79 Å². The number of fused-ring (bicyclic) bond motifs is 1. The van der Waals surface area contributed by atoms with E-state index in [0.717, 1.165) is 47.8 Å². The molecule has 0 N–H and O–H groups in total. The molecule has 0 spiro atoms. The first-order valence-electron chi connectivity index (χ1n) is 12.0. The maximum Gasteiger partial charge on any atom is 0.341 e. The van der Waals surface area contributed by atoms with Crippen molar-refractivity contribution in [2.45, 2.75) is 71.2 Å². The van der Waals surface area contributed by atoms with Crippen LogP contribution < -0.4 is 4.74 Å². The zero-order valence-electron chi connectivity index (χ0n) is 20.1. The first-order chi connectivity index (χ1) is 15.9. The van der Waals surface area contributed by atoms with E-state index in [4.69, 9.17) is 14.2 Å². The second-order valence-electron chi connectivity index (χ2n) is 9.40. The van der Waals surface area contributed by atoms with Crippen LogP contribution in [0.3, 0.4) is 0 Å². The molecule has 174 valence electrons. The molecule has 0 saturated carbocycles.